The molecule has 1 aliphatic rings. The van der Waals surface area contributed by atoms with Gasteiger partial charge >= 0.3 is 0 Å². The molecule has 0 unspecified atom stereocenters. The van der Waals surface area contributed by atoms with E-state index >= 15 is 0 Å². The van der Waals surface area contributed by atoms with Gasteiger partial charge in [-0.25, -0.2) is 17.7 Å². The first-order valence-corrected chi connectivity index (χ1v) is 14.3. The highest BCUT2D eigenvalue weighted by Gasteiger charge is 2.29. The van der Waals surface area contributed by atoms with Crippen molar-refractivity contribution in [3.05, 3.63) is 70.2 Å². The summed E-state index contributed by atoms with van der Waals surface area (Å²) in [4.78, 5) is 17.6. The Morgan fingerprint density at radius 3 is 2.59 bits per heavy atom. The average molecular weight is 498 g/mol. The number of unbranched alkanes of at least 4 members (excludes halogenated alkanes) is 1. The smallest absolute Gasteiger partial charge is 0.275 e. The Morgan fingerprint density at radius 1 is 1.15 bits per heavy atom. The van der Waals surface area contributed by atoms with Crippen LogP contribution in [0.5, 0.6) is 0 Å². The number of rotatable bonds is 8. The molecule has 8 heteroatoms. The van der Waals surface area contributed by atoms with Gasteiger partial charge in [-0.2, -0.15) is 0 Å². The van der Waals surface area contributed by atoms with E-state index in [2.05, 4.69) is 16.4 Å². The van der Waals surface area contributed by atoms with Crippen molar-refractivity contribution in [2.75, 3.05) is 24.2 Å². The van der Waals surface area contributed by atoms with Crippen molar-refractivity contribution < 1.29 is 13.2 Å². The fourth-order valence-electron chi connectivity index (χ4n) is 4.23. The van der Waals surface area contributed by atoms with Crippen LogP contribution in [0.4, 0.5) is 5.69 Å². The Hall–Kier alpha value is -2.55. The number of sulfonamides is 1. The van der Waals surface area contributed by atoms with Gasteiger partial charge in [-0.15, -0.1) is 11.3 Å². The predicted molar refractivity (Wildman–Crippen MR) is 139 cm³/mol. The first-order chi connectivity index (χ1) is 16.4. The second kappa shape index (κ2) is 10.8. The van der Waals surface area contributed by atoms with Crippen molar-refractivity contribution in [3.63, 3.8) is 0 Å². The molecule has 0 spiro atoms. The van der Waals surface area contributed by atoms with E-state index in [0.717, 1.165) is 46.6 Å². The number of carbonyl (C=O) groups is 1. The molecular weight excluding hydrogens is 466 g/mol. The topological polar surface area (TPSA) is 79.4 Å². The second-order valence-electron chi connectivity index (χ2n) is 8.78. The summed E-state index contributed by atoms with van der Waals surface area (Å²) in [6.07, 6.45) is 3.03. The number of thiazole rings is 1. The van der Waals surface area contributed by atoms with Crippen LogP contribution in [0.15, 0.2) is 53.9 Å². The molecule has 3 aromatic rings. The largest absolute Gasteiger partial charge is 0.320 e. The molecule has 6 nitrogen and oxygen atoms in total. The molecule has 4 rings (SSSR count). The number of nitrogens with zero attached hydrogens (tertiary/aromatic N) is 2. The molecule has 0 radical (unpaired) electrons. The van der Waals surface area contributed by atoms with Gasteiger partial charge in [0.1, 0.15) is 5.69 Å². The fraction of sp³-hybridized carbons (Fsp3) is 0.385. The van der Waals surface area contributed by atoms with E-state index in [9.17, 15) is 13.2 Å². The molecule has 0 aliphatic carbocycles. The van der Waals surface area contributed by atoms with Gasteiger partial charge in [0, 0.05) is 35.6 Å². The summed E-state index contributed by atoms with van der Waals surface area (Å²) in [6.45, 7) is 5.06. The Morgan fingerprint density at radius 2 is 1.88 bits per heavy atom. The van der Waals surface area contributed by atoms with Crippen LogP contribution in [-0.2, 0) is 10.0 Å². The van der Waals surface area contributed by atoms with E-state index in [4.69, 9.17) is 0 Å². The van der Waals surface area contributed by atoms with E-state index in [1.54, 1.807) is 9.69 Å². The number of aromatic nitrogens is 1. The number of anilines is 1. The van der Waals surface area contributed by atoms with Crippen LogP contribution < -0.4 is 5.32 Å². The second-order valence-corrected chi connectivity index (χ2v) is 11.8. The van der Waals surface area contributed by atoms with E-state index < -0.39 is 10.0 Å². The normalized spacial score (nSPS) is 15.4. The summed E-state index contributed by atoms with van der Waals surface area (Å²) in [5.41, 5.74) is 4.29. The third-order valence-electron chi connectivity index (χ3n) is 6.22. The van der Waals surface area contributed by atoms with Crippen molar-refractivity contribution in [2.45, 2.75) is 45.4 Å². The number of nitrogens with one attached hydrogen (secondary N) is 1. The number of carbonyl (C=O) groups excluding carboxylic acids is 1. The van der Waals surface area contributed by atoms with Crippen LogP contribution in [0.25, 0.3) is 11.1 Å². The minimum Gasteiger partial charge on any atom is -0.320 e. The number of benzene rings is 2. The number of piperidine rings is 1. The lowest BCUT2D eigenvalue weighted by molar-refractivity contribution is 0.102. The van der Waals surface area contributed by atoms with Crippen LogP contribution in [-0.4, -0.2) is 42.5 Å². The Labute approximate surface area is 206 Å². The van der Waals surface area contributed by atoms with Gasteiger partial charge in [-0.1, -0.05) is 55.3 Å². The summed E-state index contributed by atoms with van der Waals surface area (Å²) in [7, 11) is -3.17. The molecule has 34 heavy (non-hydrogen) atoms. The van der Waals surface area contributed by atoms with Gasteiger partial charge in [0.15, 0.2) is 0 Å². The third-order valence-corrected chi connectivity index (χ3v) is 9.18. The first kappa shape index (κ1) is 24.6. The van der Waals surface area contributed by atoms with Gasteiger partial charge in [-0.05, 0) is 43.9 Å². The molecule has 1 aromatic heterocycles. The maximum atomic E-state index is 13.0. The minimum absolute atomic E-state index is 0.184. The summed E-state index contributed by atoms with van der Waals surface area (Å²) >= 11 is 1.48. The number of amides is 1. The SMILES string of the molecule is CCCCS(=O)(=O)N1CCC(c2nc(C(=O)Nc3ccc(C)cc3-c3ccccc3)cs2)CC1. The third kappa shape index (κ3) is 5.74. The molecule has 180 valence electrons. The van der Waals surface area contributed by atoms with Crippen LogP contribution in [0.1, 0.15) is 59.6 Å². The molecule has 0 bridgehead atoms. The maximum absolute atomic E-state index is 13.0. The quantitative estimate of drug-likeness (QED) is 0.434. The van der Waals surface area contributed by atoms with Gasteiger partial charge < -0.3 is 5.32 Å². The highest BCUT2D eigenvalue weighted by Crippen LogP contribution is 2.33. The van der Waals surface area contributed by atoms with E-state index in [0.29, 0.717) is 25.2 Å². The van der Waals surface area contributed by atoms with Crippen molar-refractivity contribution >= 4 is 33.0 Å². The van der Waals surface area contributed by atoms with E-state index in [1.807, 2.05) is 56.3 Å². The Balaban J connectivity index is 1.42. The number of hydrogen-bond donors (Lipinski definition) is 1. The van der Waals surface area contributed by atoms with E-state index in [1.165, 1.54) is 11.3 Å². The molecule has 1 amide bonds. The lowest BCUT2D eigenvalue weighted by atomic mass is 9.99. The summed E-state index contributed by atoms with van der Waals surface area (Å²) < 4.78 is 26.5. The predicted octanol–water partition coefficient (Wildman–Crippen LogP) is 5.68. The van der Waals surface area contributed by atoms with Crippen molar-refractivity contribution in [2.24, 2.45) is 0 Å². The highest BCUT2D eigenvalue weighted by molar-refractivity contribution is 7.89. The Kier molecular flexibility index (Phi) is 7.80. The zero-order valence-corrected chi connectivity index (χ0v) is 21.3. The Bertz CT molecular complexity index is 1230. The van der Waals surface area contributed by atoms with Crippen molar-refractivity contribution in [3.8, 4) is 11.1 Å². The monoisotopic (exact) mass is 497 g/mol. The van der Waals surface area contributed by atoms with Crippen LogP contribution in [0.2, 0.25) is 0 Å². The van der Waals surface area contributed by atoms with Crippen LogP contribution >= 0.6 is 11.3 Å². The fourth-order valence-corrected chi connectivity index (χ4v) is 6.88. The lowest BCUT2D eigenvalue weighted by Gasteiger charge is -2.30. The van der Waals surface area contributed by atoms with Crippen LogP contribution in [0, 0.1) is 6.92 Å². The summed E-state index contributed by atoms with van der Waals surface area (Å²) in [5, 5.41) is 5.74. The maximum Gasteiger partial charge on any atom is 0.275 e. The molecule has 2 heterocycles. The van der Waals surface area contributed by atoms with Gasteiger partial charge in [-0.3, -0.25) is 4.79 Å². The molecule has 1 saturated heterocycles. The number of aryl methyl sites for hydroxylation is 1. The lowest BCUT2D eigenvalue weighted by Crippen LogP contribution is -2.39. The summed E-state index contributed by atoms with van der Waals surface area (Å²) in [5.74, 6) is 0.172. The minimum atomic E-state index is -3.17. The first-order valence-electron chi connectivity index (χ1n) is 11.8. The molecule has 1 fully saturated rings. The van der Waals surface area contributed by atoms with Gasteiger partial charge in [0.05, 0.1) is 10.8 Å². The van der Waals surface area contributed by atoms with Gasteiger partial charge in [0.2, 0.25) is 10.0 Å². The molecule has 2 aromatic carbocycles. The zero-order chi connectivity index (χ0) is 24.1. The van der Waals surface area contributed by atoms with E-state index in [-0.39, 0.29) is 17.6 Å². The molecule has 1 N–H and O–H groups in total. The average Bonchev–Trinajstić information content (AvgIpc) is 3.35. The highest BCUT2D eigenvalue weighted by atomic mass is 32.2. The zero-order valence-electron chi connectivity index (χ0n) is 19.7. The summed E-state index contributed by atoms with van der Waals surface area (Å²) in [6, 6.07) is 16.0. The van der Waals surface area contributed by atoms with Gasteiger partial charge in [0.25, 0.3) is 5.91 Å². The number of hydrogen-bond acceptors (Lipinski definition) is 5. The van der Waals surface area contributed by atoms with Crippen LogP contribution in [0.3, 0.4) is 0 Å². The standard InChI is InChI=1S/C26H31N3O3S2/c1-3-4-16-34(31,32)29-14-12-21(13-15-29)26-28-24(18-33-26)25(30)27-23-11-10-19(2)17-22(23)20-8-6-5-7-9-20/h5-11,17-18,21H,3-4,12-16H2,1-2H3,(H,27,30). The van der Waals surface area contributed by atoms with Crippen molar-refractivity contribution in [1.82, 2.24) is 9.29 Å². The molecule has 1 aliphatic heterocycles. The van der Waals surface area contributed by atoms with Crippen molar-refractivity contribution in [1.29, 1.82) is 0 Å². The molecule has 0 saturated carbocycles. The molecular formula is C26H31N3O3S2. The molecule has 0 atom stereocenters.